The number of amides is 2. The number of carbonyl (C=O) groups is 1. The Hall–Kier alpha value is -2.04. The van der Waals surface area contributed by atoms with Gasteiger partial charge in [-0.25, -0.2) is 4.79 Å². The van der Waals surface area contributed by atoms with Gasteiger partial charge in [0.25, 0.3) is 0 Å². The molecule has 3 rings (SSSR count). The molecule has 1 aliphatic carbocycles. The maximum atomic E-state index is 11.9. The Balaban J connectivity index is 1.80. The molecule has 1 aromatic carbocycles. The number of nitrogens with zero attached hydrogens (tertiary/aromatic N) is 2. The van der Waals surface area contributed by atoms with Crippen molar-refractivity contribution in [1.29, 1.82) is 0 Å². The minimum absolute atomic E-state index is 0.207. The van der Waals surface area contributed by atoms with E-state index in [1.807, 2.05) is 24.3 Å². The first-order chi connectivity index (χ1) is 9.70. The molecule has 2 N–H and O–H groups in total. The predicted octanol–water partition coefficient (Wildman–Crippen LogP) is 2.47. The lowest BCUT2D eigenvalue weighted by Gasteiger charge is -2.24. The van der Waals surface area contributed by atoms with Gasteiger partial charge in [0.05, 0.1) is 6.61 Å². The molecule has 106 valence electrons. The lowest BCUT2D eigenvalue weighted by Crippen LogP contribution is -2.34. The summed E-state index contributed by atoms with van der Waals surface area (Å²) in [5.74, 6) is 1.23. The van der Waals surface area contributed by atoms with Crippen molar-refractivity contribution in [2.45, 2.75) is 38.3 Å². The number of nitrogens with two attached hydrogens (primary N) is 1. The fourth-order valence-electron chi connectivity index (χ4n) is 2.50. The van der Waals surface area contributed by atoms with Crippen LogP contribution in [0, 0.1) is 0 Å². The zero-order valence-electron chi connectivity index (χ0n) is 11.6. The number of hydrogen-bond donors (Lipinski definition) is 1. The van der Waals surface area contributed by atoms with Gasteiger partial charge in [-0.3, -0.25) is 0 Å². The quantitative estimate of drug-likeness (QED) is 0.896. The molecule has 1 unspecified atom stereocenters. The summed E-state index contributed by atoms with van der Waals surface area (Å²) in [6.45, 7) is 2.78. The number of ether oxygens (including phenoxy) is 1. The highest BCUT2D eigenvalue weighted by atomic mass is 16.5. The van der Waals surface area contributed by atoms with E-state index < -0.39 is 0 Å². The van der Waals surface area contributed by atoms with E-state index in [0.29, 0.717) is 18.5 Å². The number of aliphatic imine (C=N–C) groups is 1. The number of carbonyl (C=O) groups excluding carboxylic acids is 1. The van der Waals surface area contributed by atoms with Crippen LogP contribution in [-0.4, -0.2) is 29.4 Å². The van der Waals surface area contributed by atoms with Crippen molar-refractivity contribution in [1.82, 2.24) is 4.90 Å². The van der Waals surface area contributed by atoms with Crippen LogP contribution < -0.4 is 10.5 Å². The third kappa shape index (κ3) is 2.35. The van der Waals surface area contributed by atoms with Crippen LogP contribution in [0.4, 0.5) is 4.79 Å². The van der Waals surface area contributed by atoms with Crippen LogP contribution in [0.3, 0.4) is 0 Å². The third-order valence-electron chi connectivity index (χ3n) is 3.61. The molecule has 2 aliphatic rings. The molecule has 0 aromatic heterocycles. The molecule has 0 spiro atoms. The predicted molar refractivity (Wildman–Crippen MR) is 76.8 cm³/mol. The van der Waals surface area contributed by atoms with E-state index in [1.54, 1.807) is 4.90 Å². The molecule has 5 nitrogen and oxygen atoms in total. The van der Waals surface area contributed by atoms with Gasteiger partial charge in [-0.15, -0.1) is 0 Å². The van der Waals surface area contributed by atoms with Gasteiger partial charge < -0.3 is 15.4 Å². The summed E-state index contributed by atoms with van der Waals surface area (Å²) in [5.41, 5.74) is 6.93. The Bertz CT molecular complexity index is 535. The Labute approximate surface area is 118 Å². The van der Waals surface area contributed by atoms with E-state index in [4.69, 9.17) is 10.5 Å². The second kappa shape index (κ2) is 5.15. The Morgan fingerprint density at radius 3 is 2.65 bits per heavy atom. The molecule has 1 heterocycles. The summed E-state index contributed by atoms with van der Waals surface area (Å²) < 4.78 is 5.57. The van der Waals surface area contributed by atoms with Crippen LogP contribution in [0.25, 0.3) is 0 Å². The van der Waals surface area contributed by atoms with Gasteiger partial charge in [-0.2, -0.15) is 4.99 Å². The van der Waals surface area contributed by atoms with Gasteiger partial charge >= 0.3 is 6.03 Å². The van der Waals surface area contributed by atoms with Crippen LogP contribution in [-0.2, 0) is 0 Å². The molecular formula is C15H19N3O2. The highest BCUT2D eigenvalue weighted by molar-refractivity contribution is 6.03. The van der Waals surface area contributed by atoms with E-state index in [0.717, 1.165) is 30.6 Å². The Morgan fingerprint density at radius 1 is 1.35 bits per heavy atom. The first kappa shape index (κ1) is 13.0. The van der Waals surface area contributed by atoms with Crippen molar-refractivity contribution in [2.75, 3.05) is 6.61 Å². The molecule has 0 radical (unpaired) electrons. The highest BCUT2D eigenvalue weighted by Crippen LogP contribution is 2.38. The fourth-order valence-corrected chi connectivity index (χ4v) is 2.50. The summed E-state index contributed by atoms with van der Waals surface area (Å²) >= 11 is 0. The summed E-state index contributed by atoms with van der Waals surface area (Å²) in [7, 11) is 0. The average Bonchev–Trinajstić information content (AvgIpc) is 3.23. The normalized spacial score (nSPS) is 22.1. The minimum Gasteiger partial charge on any atom is -0.494 e. The maximum absolute atomic E-state index is 11.9. The van der Waals surface area contributed by atoms with Crippen LogP contribution in [0.15, 0.2) is 29.3 Å². The van der Waals surface area contributed by atoms with E-state index in [1.165, 1.54) is 0 Å². The monoisotopic (exact) mass is 273 g/mol. The minimum atomic E-state index is -0.213. The molecule has 1 saturated carbocycles. The van der Waals surface area contributed by atoms with Gasteiger partial charge in [0.1, 0.15) is 17.6 Å². The Morgan fingerprint density at radius 2 is 2.05 bits per heavy atom. The van der Waals surface area contributed by atoms with Gasteiger partial charge in [-0.1, -0.05) is 19.1 Å². The largest absolute Gasteiger partial charge is 0.494 e. The van der Waals surface area contributed by atoms with E-state index in [-0.39, 0.29) is 12.1 Å². The van der Waals surface area contributed by atoms with Gasteiger partial charge in [-0.05, 0) is 37.0 Å². The molecule has 1 aliphatic heterocycles. The SMILES string of the molecule is CCCOc1ccc(C2C(N)=NC(=O)N2C2CC2)cc1. The zero-order chi connectivity index (χ0) is 14.1. The van der Waals surface area contributed by atoms with Crippen molar-refractivity contribution in [3.05, 3.63) is 29.8 Å². The van der Waals surface area contributed by atoms with Crippen LogP contribution in [0.2, 0.25) is 0 Å². The van der Waals surface area contributed by atoms with Crippen LogP contribution in [0.1, 0.15) is 37.8 Å². The molecule has 20 heavy (non-hydrogen) atoms. The van der Waals surface area contributed by atoms with Crippen LogP contribution >= 0.6 is 0 Å². The number of benzene rings is 1. The molecule has 1 fully saturated rings. The second-order valence-corrected chi connectivity index (χ2v) is 5.28. The summed E-state index contributed by atoms with van der Waals surface area (Å²) in [6.07, 6.45) is 3.07. The topological polar surface area (TPSA) is 67.9 Å². The molecule has 5 heteroatoms. The lowest BCUT2D eigenvalue weighted by atomic mass is 10.1. The molecule has 1 atom stereocenters. The van der Waals surface area contributed by atoms with Crippen LogP contribution in [0.5, 0.6) is 5.75 Å². The van der Waals surface area contributed by atoms with Gasteiger partial charge in [0, 0.05) is 6.04 Å². The van der Waals surface area contributed by atoms with Crippen molar-refractivity contribution in [3.8, 4) is 5.75 Å². The molecular weight excluding hydrogens is 254 g/mol. The molecule has 0 saturated heterocycles. The number of hydrogen-bond acceptors (Lipinski definition) is 3. The second-order valence-electron chi connectivity index (χ2n) is 5.28. The van der Waals surface area contributed by atoms with E-state index in [9.17, 15) is 4.79 Å². The van der Waals surface area contributed by atoms with Gasteiger partial charge in [0.2, 0.25) is 0 Å². The zero-order valence-corrected chi connectivity index (χ0v) is 11.6. The maximum Gasteiger partial charge on any atom is 0.346 e. The fraction of sp³-hybridized carbons (Fsp3) is 0.467. The molecule has 1 aromatic rings. The first-order valence-corrected chi connectivity index (χ1v) is 7.10. The standard InChI is InChI=1S/C15H19N3O2/c1-2-9-20-12-7-3-10(4-8-12)13-14(16)17-15(19)18(13)11-5-6-11/h3-4,7-8,11,13H,2,5-6,9H2,1H3,(H2,16,17,19). The number of urea groups is 1. The van der Waals surface area contributed by atoms with E-state index >= 15 is 0 Å². The summed E-state index contributed by atoms with van der Waals surface area (Å²) in [4.78, 5) is 17.6. The van der Waals surface area contributed by atoms with Crippen molar-refractivity contribution < 1.29 is 9.53 Å². The third-order valence-corrected chi connectivity index (χ3v) is 3.61. The van der Waals surface area contributed by atoms with E-state index in [2.05, 4.69) is 11.9 Å². The molecule has 2 amide bonds. The summed E-state index contributed by atoms with van der Waals surface area (Å²) in [6, 6.07) is 7.65. The Kier molecular flexibility index (Phi) is 3.34. The highest BCUT2D eigenvalue weighted by Gasteiger charge is 2.43. The average molecular weight is 273 g/mol. The van der Waals surface area contributed by atoms with Gasteiger partial charge in [0.15, 0.2) is 0 Å². The van der Waals surface area contributed by atoms with Crippen molar-refractivity contribution >= 4 is 11.9 Å². The first-order valence-electron chi connectivity index (χ1n) is 7.10. The van der Waals surface area contributed by atoms with Crippen molar-refractivity contribution in [3.63, 3.8) is 0 Å². The number of rotatable bonds is 5. The smallest absolute Gasteiger partial charge is 0.346 e. The number of amidine groups is 1. The van der Waals surface area contributed by atoms with Crippen molar-refractivity contribution in [2.24, 2.45) is 10.7 Å². The lowest BCUT2D eigenvalue weighted by molar-refractivity contribution is 0.203. The summed E-state index contributed by atoms with van der Waals surface area (Å²) in [5, 5.41) is 0. The molecule has 0 bridgehead atoms.